The van der Waals surface area contributed by atoms with Gasteiger partial charge in [0.1, 0.15) is 23.0 Å². The van der Waals surface area contributed by atoms with Crippen LogP contribution >= 0.6 is 0 Å². The largest absolute Gasteiger partial charge is 0.497 e. The fourth-order valence-corrected chi connectivity index (χ4v) is 5.61. The number of likely N-dealkylation sites (tertiary alicyclic amines) is 1. The van der Waals surface area contributed by atoms with E-state index in [2.05, 4.69) is 42.2 Å². The van der Waals surface area contributed by atoms with Gasteiger partial charge >= 0.3 is 0 Å². The van der Waals surface area contributed by atoms with Crippen molar-refractivity contribution in [3.05, 3.63) is 84.4 Å². The summed E-state index contributed by atoms with van der Waals surface area (Å²) in [6.45, 7) is 4.57. The number of para-hydroxylation sites is 1. The van der Waals surface area contributed by atoms with Crippen LogP contribution in [-0.4, -0.2) is 32.2 Å². The van der Waals surface area contributed by atoms with Gasteiger partial charge in [-0.25, -0.2) is 0 Å². The summed E-state index contributed by atoms with van der Waals surface area (Å²) >= 11 is 0. The van der Waals surface area contributed by atoms with Gasteiger partial charge in [0.15, 0.2) is 0 Å². The second-order valence-corrected chi connectivity index (χ2v) is 9.77. The Morgan fingerprint density at radius 3 is 2.05 bits per heavy atom. The summed E-state index contributed by atoms with van der Waals surface area (Å²) in [5.74, 6) is 3.42. The highest BCUT2D eigenvalue weighted by Gasteiger charge is 2.27. The van der Waals surface area contributed by atoms with Crippen LogP contribution in [0.1, 0.15) is 50.6 Å². The molecule has 1 aliphatic heterocycles. The van der Waals surface area contributed by atoms with Crippen LogP contribution in [0.5, 0.6) is 23.0 Å². The molecule has 0 aliphatic carbocycles. The molecule has 0 N–H and O–H groups in total. The molecule has 0 radical (unpaired) electrons. The van der Waals surface area contributed by atoms with Gasteiger partial charge in [0.2, 0.25) is 0 Å². The van der Waals surface area contributed by atoms with Crippen LogP contribution in [0.4, 0.5) is 0 Å². The molecule has 0 amide bonds. The Kier molecular flexibility index (Phi) is 7.96. The Hall–Kier alpha value is -3.50. The van der Waals surface area contributed by atoms with E-state index in [0.717, 1.165) is 64.4 Å². The van der Waals surface area contributed by atoms with Crippen LogP contribution in [0, 0.1) is 0 Å². The van der Waals surface area contributed by atoms with E-state index >= 15 is 0 Å². The van der Waals surface area contributed by atoms with E-state index in [1.807, 2.05) is 48.5 Å². The van der Waals surface area contributed by atoms with Gasteiger partial charge in [-0.05, 0) is 97.4 Å². The number of hydrogen-bond donors (Lipinski definition) is 0. The minimum atomic E-state index is 0.295. The van der Waals surface area contributed by atoms with E-state index in [1.165, 1.54) is 31.2 Å². The third-order valence-electron chi connectivity index (χ3n) is 7.50. The van der Waals surface area contributed by atoms with Crippen molar-refractivity contribution in [2.24, 2.45) is 0 Å². The van der Waals surface area contributed by atoms with Crippen molar-refractivity contribution in [3.63, 3.8) is 0 Å². The Bertz CT molecular complexity index is 1310. The smallest absolute Gasteiger partial charge is 0.143 e. The lowest BCUT2D eigenvalue weighted by Gasteiger charge is -2.33. The zero-order valence-electron chi connectivity index (χ0n) is 22.2. The maximum Gasteiger partial charge on any atom is 0.143 e. The molecule has 4 heteroatoms. The van der Waals surface area contributed by atoms with Gasteiger partial charge in [-0.2, -0.15) is 0 Å². The predicted octanol–water partition coefficient (Wildman–Crippen LogP) is 8.64. The molecule has 37 heavy (non-hydrogen) atoms. The number of rotatable bonds is 8. The molecular weight excluding hydrogens is 458 g/mol. The van der Waals surface area contributed by atoms with Crippen LogP contribution in [0.3, 0.4) is 0 Å². The van der Waals surface area contributed by atoms with E-state index in [-0.39, 0.29) is 0 Å². The highest BCUT2D eigenvalue weighted by atomic mass is 16.5. The first kappa shape index (κ1) is 25.2. The third-order valence-corrected chi connectivity index (χ3v) is 7.50. The van der Waals surface area contributed by atoms with Gasteiger partial charge in [-0.1, -0.05) is 50.1 Å². The van der Waals surface area contributed by atoms with Crippen molar-refractivity contribution < 1.29 is 14.2 Å². The summed E-state index contributed by atoms with van der Waals surface area (Å²) in [5, 5.41) is 2.20. The number of fused-ring (bicyclic) bond motifs is 1. The van der Waals surface area contributed by atoms with Crippen molar-refractivity contribution in [2.75, 3.05) is 27.3 Å². The summed E-state index contributed by atoms with van der Waals surface area (Å²) in [5.41, 5.74) is 3.59. The molecule has 4 aromatic rings. The molecule has 192 valence electrons. The number of hydrogen-bond acceptors (Lipinski definition) is 4. The lowest BCUT2D eigenvalue weighted by Crippen LogP contribution is -2.30. The molecule has 1 saturated heterocycles. The summed E-state index contributed by atoms with van der Waals surface area (Å²) < 4.78 is 17.9. The molecule has 1 aliphatic rings. The molecule has 4 aromatic carbocycles. The monoisotopic (exact) mass is 495 g/mol. The van der Waals surface area contributed by atoms with Gasteiger partial charge in [0.25, 0.3) is 0 Å². The fourth-order valence-electron chi connectivity index (χ4n) is 5.61. The number of nitrogens with zero attached hydrogens (tertiary/aromatic N) is 1. The molecule has 1 atom stereocenters. The highest BCUT2D eigenvalue weighted by molar-refractivity contribution is 5.98. The number of ether oxygens (including phenoxy) is 3. The lowest BCUT2D eigenvalue weighted by atomic mass is 9.88. The summed E-state index contributed by atoms with van der Waals surface area (Å²) in [7, 11) is 3.43. The van der Waals surface area contributed by atoms with Gasteiger partial charge in [0.05, 0.1) is 14.2 Å². The van der Waals surface area contributed by atoms with Crippen LogP contribution in [0.15, 0.2) is 78.9 Å². The molecule has 0 spiro atoms. The minimum absolute atomic E-state index is 0.295. The normalized spacial score (nSPS) is 15.2. The molecular formula is C33H37NO3. The summed E-state index contributed by atoms with van der Waals surface area (Å²) in [6, 6.07) is 27.4. The molecule has 1 fully saturated rings. The molecule has 0 aromatic heterocycles. The SMILES string of the molecule is CCC(c1cc2cc(OC)ccc2c(Oc2ccccc2)c1-c1ccc(OC)cc1)N1CCCCCC1. The molecule has 1 unspecified atom stereocenters. The predicted molar refractivity (Wildman–Crippen MR) is 152 cm³/mol. The maximum absolute atomic E-state index is 6.76. The zero-order chi connectivity index (χ0) is 25.6. The van der Waals surface area contributed by atoms with E-state index in [0.29, 0.717) is 6.04 Å². The second kappa shape index (κ2) is 11.7. The first-order valence-electron chi connectivity index (χ1n) is 13.5. The fraction of sp³-hybridized carbons (Fsp3) is 0.333. The van der Waals surface area contributed by atoms with Crippen molar-refractivity contribution in [3.8, 4) is 34.1 Å². The lowest BCUT2D eigenvalue weighted by molar-refractivity contribution is 0.200. The van der Waals surface area contributed by atoms with Gasteiger partial charge in [-0.15, -0.1) is 0 Å². The first-order chi connectivity index (χ1) is 18.2. The van der Waals surface area contributed by atoms with Crippen LogP contribution < -0.4 is 14.2 Å². The van der Waals surface area contributed by atoms with Crippen molar-refractivity contribution >= 4 is 10.8 Å². The van der Waals surface area contributed by atoms with Crippen molar-refractivity contribution in [1.29, 1.82) is 0 Å². The van der Waals surface area contributed by atoms with Gasteiger partial charge < -0.3 is 14.2 Å². The molecule has 5 rings (SSSR count). The van der Waals surface area contributed by atoms with Crippen LogP contribution in [0.2, 0.25) is 0 Å². The van der Waals surface area contributed by atoms with E-state index < -0.39 is 0 Å². The highest BCUT2D eigenvalue weighted by Crippen LogP contribution is 2.47. The summed E-state index contributed by atoms with van der Waals surface area (Å²) in [4.78, 5) is 2.69. The summed E-state index contributed by atoms with van der Waals surface area (Å²) in [6.07, 6.45) is 6.17. The Morgan fingerprint density at radius 2 is 1.41 bits per heavy atom. The maximum atomic E-state index is 6.76. The topological polar surface area (TPSA) is 30.9 Å². The number of benzene rings is 4. The van der Waals surface area contributed by atoms with Gasteiger partial charge in [0, 0.05) is 17.0 Å². The van der Waals surface area contributed by atoms with E-state index in [4.69, 9.17) is 14.2 Å². The second-order valence-electron chi connectivity index (χ2n) is 9.77. The average Bonchev–Trinajstić information content (AvgIpc) is 3.23. The average molecular weight is 496 g/mol. The van der Waals surface area contributed by atoms with Crippen molar-refractivity contribution in [1.82, 2.24) is 4.90 Å². The molecule has 4 nitrogen and oxygen atoms in total. The Balaban J connectivity index is 1.78. The van der Waals surface area contributed by atoms with Gasteiger partial charge in [-0.3, -0.25) is 4.90 Å². The first-order valence-corrected chi connectivity index (χ1v) is 13.5. The number of methoxy groups -OCH3 is 2. The zero-order valence-corrected chi connectivity index (χ0v) is 22.2. The quantitative estimate of drug-likeness (QED) is 0.245. The molecule has 0 saturated carbocycles. The van der Waals surface area contributed by atoms with Crippen LogP contribution in [0.25, 0.3) is 21.9 Å². The van der Waals surface area contributed by atoms with E-state index in [1.54, 1.807) is 14.2 Å². The molecule has 0 bridgehead atoms. The Labute approximate surface area is 220 Å². The molecule has 1 heterocycles. The van der Waals surface area contributed by atoms with E-state index in [9.17, 15) is 0 Å². The van der Waals surface area contributed by atoms with Crippen molar-refractivity contribution in [2.45, 2.75) is 45.1 Å². The standard InChI is InChI=1S/C33H37NO3/c1-4-31(34-20-10-5-6-11-21-34)30-23-25-22-28(36-3)18-19-29(25)33(37-27-12-8-7-9-13-27)32(30)24-14-16-26(35-2)17-15-24/h7-9,12-19,22-23,31H,4-6,10-11,20-21H2,1-3H3. The third kappa shape index (κ3) is 5.45. The minimum Gasteiger partial charge on any atom is -0.497 e. The Morgan fingerprint density at radius 1 is 0.730 bits per heavy atom. The van der Waals surface area contributed by atoms with Crippen LogP contribution in [-0.2, 0) is 0 Å².